The van der Waals surface area contributed by atoms with E-state index in [0.717, 1.165) is 18.9 Å². The van der Waals surface area contributed by atoms with E-state index in [-0.39, 0.29) is 11.8 Å². The average Bonchev–Trinajstić information content (AvgIpc) is 2.69. The van der Waals surface area contributed by atoms with Gasteiger partial charge in [-0.2, -0.15) is 0 Å². The van der Waals surface area contributed by atoms with Crippen molar-refractivity contribution in [3.63, 3.8) is 0 Å². The molecule has 1 aliphatic heterocycles. The number of hydrogen-bond donors (Lipinski definition) is 1. The van der Waals surface area contributed by atoms with Gasteiger partial charge in [-0.1, -0.05) is 17.7 Å². The zero-order valence-corrected chi connectivity index (χ0v) is 15.2. The average molecular weight is 374 g/mol. The second-order valence-electron chi connectivity index (χ2n) is 6.13. The minimum Gasteiger partial charge on any atom is -0.352 e. The summed E-state index contributed by atoms with van der Waals surface area (Å²) in [6, 6.07) is 12.6. The van der Waals surface area contributed by atoms with Gasteiger partial charge >= 0.3 is 0 Å². The van der Waals surface area contributed by atoms with Crippen LogP contribution in [0.1, 0.15) is 16.8 Å². The molecule has 26 heavy (non-hydrogen) atoms. The molecule has 0 saturated carbocycles. The van der Waals surface area contributed by atoms with E-state index in [0.29, 0.717) is 36.6 Å². The van der Waals surface area contributed by atoms with Gasteiger partial charge in [0.15, 0.2) is 0 Å². The minimum absolute atomic E-state index is 0.0677. The number of nitrogens with one attached hydrogen (secondary N) is 2. The molecule has 2 amide bonds. The van der Waals surface area contributed by atoms with E-state index in [9.17, 15) is 9.59 Å². The molecule has 1 aromatic carbocycles. The summed E-state index contributed by atoms with van der Waals surface area (Å²) in [6.45, 7) is 3.29. The SMILES string of the molecule is O=C(NCCC(=O)N1CCN(c2cccc[nH+]2)CC1)c1ccc(Cl)cc1. The molecule has 6 nitrogen and oxygen atoms in total. The van der Waals surface area contributed by atoms with Crippen LogP contribution in [0.4, 0.5) is 5.82 Å². The molecule has 1 fully saturated rings. The molecule has 3 rings (SSSR count). The quantitative estimate of drug-likeness (QED) is 0.866. The Morgan fingerprint density at radius 1 is 1.04 bits per heavy atom. The standard InChI is InChI=1S/C19H21ClN4O2/c20-16-6-4-15(5-7-16)19(26)22-10-8-18(25)24-13-11-23(12-14-24)17-3-1-2-9-21-17/h1-7,9H,8,10-14H2,(H,22,26)/p+1. The summed E-state index contributed by atoms with van der Waals surface area (Å²) in [6.07, 6.45) is 2.20. The number of carbonyl (C=O) groups excluding carboxylic acids is 2. The molecular formula is C19H22ClN4O2+. The van der Waals surface area contributed by atoms with Gasteiger partial charge in [-0.05, 0) is 30.3 Å². The van der Waals surface area contributed by atoms with Gasteiger partial charge in [-0.25, -0.2) is 4.98 Å². The first-order valence-corrected chi connectivity index (χ1v) is 9.04. The number of rotatable bonds is 5. The topological polar surface area (TPSA) is 66.8 Å². The molecule has 2 aromatic rings. The van der Waals surface area contributed by atoms with Gasteiger partial charge in [0, 0.05) is 29.6 Å². The first-order valence-electron chi connectivity index (χ1n) is 8.67. The Bertz CT molecular complexity index is 744. The van der Waals surface area contributed by atoms with Gasteiger partial charge < -0.3 is 10.2 Å². The van der Waals surface area contributed by atoms with Crippen LogP contribution in [0.15, 0.2) is 48.7 Å². The van der Waals surface area contributed by atoms with Crippen molar-refractivity contribution in [2.75, 3.05) is 37.6 Å². The molecule has 0 atom stereocenters. The molecule has 1 aliphatic rings. The zero-order valence-electron chi connectivity index (χ0n) is 14.5. The predicted octanol–water partition coefficient (Wildman–Crippen LogP) is 1.62. The van der Waals surface area contributed by atoms with Crippen LogP contribution in [0.2, 0.25) is 5.02 Å². The van der Waals surface area contributed by atoms with Crippen molar-refractivity contribution in [2.24, 2.45) is 0 Å². The number of benzene rings is 1. The summed E-state index contributed by atoms with van der Waals surface area (Å²) in [7, 11) is 0. The first kappa shape index (κ1) is 18.2. The van der Waals surface area contributed by atoms with Gasteiger partial charge in [-0.3, -0.25) is 14.5 Å². The van der Waals surface area contributed by atoms with E-state index < -0.39 is 0 Å². The maximum Gasteiger partial charge on any atom is 0.274 e. The van der Waals surface area contributed by atoms with E-state index in [1.54, 1.807) is 24.3 Å². The molecule has 1 aromatic heterocycles. The number of nitrogens with zero attached hydrogens (tertiary/aromatic N) is 2. The monoisotopic (exact) mass is 373 g/mol. The van der Waals surface area contributed by atoms with Crippen LogP contribution in [-0.4, -0.2) is 49.4 Å². The number of aromatic amines is 1. The Balaban J connectivity index is 1.40. The highest BCUT2D eigenvalue weighted by Gasteiger charge is 2.25. The molecule has 0 unspecified atom stereocenters. The number of halogens is 1. The summed E-state index contributed by atoms with van der Waals surface area (Å²) >= 11 is 5.81. The van der Waals surface area contributed by atoms with Crippen LogP contribution in [0.25, 0.3) is 0 Å². The maximum absolute atomic E-state index is 12.3. The largest absolute Gasteiger partial charge is 0.352 e. The van der Waals surface area contributed by atoms with Gasteiger partial charge in [0.2, 0.25) is 5.91 Å². The van der Waals surface area contributed by atoms with E-state index >= 15 is 0 Å². The van der Waals surface area contributed by atoms with Gasteiger partial charge in [-0.15, -0.1) is 0 Å². The fourth-order valence-electron chi connectivity index (χ4n) is 2.92. The molecule has 0 aliphatic carbocycles. The lowest BCUT2D eigenvalue weighted by atomic mass is 10.2. The van der Waals surface area contributed by atoms with Crippen molar-refractivity contribution in [3.05, 3.63) is 59.2 Å². The van der Waals surface area contributed by atoms with E-state index in [2.05, 4.69) is 15.2 Å². The number of aromatic nitrogens is 1. The summed E-state index contributed by atoms with van der Waals surface area (Å²) in [4.78, 5) is 31.7. The molecule has 0 bridgehead atoms. The molecule has 136 valence electrons. The van der Waals surface area contributed by atoms with Crippen molar-refractivity contribution in [1.82, 2.24) is 10.2 Å². The lowest BCUT2D eigenvalue weighted by Crippen LogP contribution is -2.50. The highest BCUT2D eigenvalue weighted by molar-refractivity contribution is 6.30. The lowest BCUT2D eigenvalue weighted by Gasteiger charge is -2.31. The smallest absolute Gasteiger partial charge is 0.274 e. The van der Waals surface area contributed by atoms with Crippen LogP contribution < -0.4 is 15.2 Å². The second kappa shape index (κ2) is 8.67. The molecule has 2 N–H and O–H groups in total. The predicted molar refractivity (Wildman–Crippen MR) is 100 cm³/mol. The van der Waals surface area contributed by atoms with Crippen LogP contribution in [0.5, 0.6) is 0 Å². The van der Waals surface area contributed by atoms with Gasteiger partial charge in [0.25, 0.3) is 11.7 Å². The number of carbonyl (C=O) groups is 2. The highest BCUT2D eigenvalue weighted by atomic mass is 35.5. The fraction of sp³-hybridized carbons (Fsp3) is 0.316. The summed E-state index contributed by atoms with van der Waals surface area (Å²) in [5.74, 6) is 0.937. The number of pyridine rings is 1. The Hall–Kier alpha value is -2.60. The Labute approximate surface area is 157 Å². The van der Waals surface area contributed by atoms with Crippen molar-refractivity contribution in [2.45, 2.75) is 6.42 Å². The van der Waals surface area contributed by atoms with Crippen LogP contribution in [0, 0.1) is 0 Å². The first-order chi connectivity index (χ1) is 12.6. The normalized spacial score (nSPS) is 14.2. The Morgan fingerprint density at radius 3 is 2.42 bits per heavy atom. The van der Waals surface area contributed by atoms with Crippen molar-refractivity contribution >= 4 is 29.2 Å². The van der Waals surface area contributed by atoms with Crippen LogP contribution in [0.3, 0.4) is 0 Å². The van der Waals surface area contributed by atoms with Crippen molar-refractivity contribution in [3.8, 4) is 0 Å². The highest BCUT2D eigenvalue weighted by Crippen LogP contribution is 2.11. The molecule has 0 radical (unpaired) electrons. The van der Waals surface area contributed by atoms with E-state index in [4.69, 9.17) is 11.6 Å². The molecule has 7 heteroatoms. The van der Waals surface area contributed by atoms with Crippen LogP contribution in [-0.2, 0) is 4.79 Å². The molecule has 0 spiro atoms. The number of anilines is 1. The van der Waals surface area contributed by atoms with Crippen molar-refractivity contribution in [1.29, 1.82) is 0 Å². The number of H-pyrrole nitrogens is 1. The summed E-state index contributed by atoms with van der Waals surface area (Å²) < 4.78 is 0. The van der Waals surface area contributed by atoms with Crippen LogP contribution >= 0.6 is 11.6 Å². The number of hydrogen-bond acceptors (Lipinski definition) is 3. The third kappa shape index (κ3) is 4.73. The summed E-state index contributed by atoms with van der Waals surface area (Å²) in [5, 5.41) is 3.37. The Morgan fingerprint density at radius 2 is 1.77 bits per heavy atom. The fourth-order valence-corrected chi connectivity index (χ4v) is 3.05. The lowest BCUT2D eigenvalue weighted by molar-refractivity contribution is -0.364. The molecular weight excluding hydrogens is 352 g/mol. The minimum atomic E-state index is -0.195. The van der Waals surface area contributed by atoms with E-state index in [1.165, 1.54) is 0 Å². The molecule has 2 heterocycles. The van der Waals surface area contributed by atoms with Crippen molar-refractivity contribution < 1.29 is 14.6 Å². The molecule has 1 saturated heterocycles. The number of piperazine rings is 1. The second-order valence-corrected chi connectivity index (χ2v) is 6.56. The zero-order chi connectivity index (χ0) is 18.4. The maximum atomic E-state index is 12.3. The van der Waals surface area contributed by atoms with Gasteiger partial charge in [0.1, 0.15) is 13.1 Å². The van der Waals surface area contributed by atoms with Gasteiger partial charge in [0.05, 0.1) is 19.3 Å². The Kier molecular flexibility index (Phi) is 6.07. The third-order valence-corrected chi connectivity index (χ3v) is 4.65. The van der Waals surface area contributed by atoms with E-state index in [1.807, 2.05) is 29.3 Å². The third-order valence-electron chi connectivity index (χ3n) is 4.40. The number of amides is 2. The summed E-state index contributed by atoms with van der Waals surface area (Å²) in [5.41, 5.74) is 0.537.